The second-order valence-electron chi connectivity index (χ2n) is 4.47. The molecular formula is C17H18O5. The minimum atomic E-state index is -0.959. The molecule has 0 heterocycles. The van der Waals surface area contributed by atoms with Crippen molar-refractivity contribution in [2.75, 3.05) is 0 Å². The van der Waals surface area contributed by atoms with Crippen molar-refractivity contribution < 1.29 is 24.5 Å². The molecule has 1 unspecified atom stereocenters. The molecule has 0 aliphatic rings. The van der Waals surface area contributed by atoms with Gasteiger partial charge in [0.2, 0.25) is 0 Å². The Bertz CT molecular complexity index is 581. The van der Waals surface area contributed by atoms with Gasteiger partial charge in [-0.15, -0.1) is 0 Å². The number of hydrogen-bond acceptors (Lipinski definition) is 3. The molecule has 22 heavy (non-hydrogen) atoms. The maximum absolute atomic E-state index is 10.4. The van der Waals surface area contributed by atoms with Gasteiger partial charge >= 0.3 is 11.9 Å². The van der Waals surface area contributed by atoms with Gasteiger partial charge in [0.25, 0.3) is 0 Å². The van der Waals surface area contributed by atoms with Crippen LogP contribution in [-0.4, -0.2) is 28.3 Å². The van der Waals surface area contributed by atoms with Crippen LogP contribution < -0.4 is 4.74 Å². The normalized spacial score (nSPS) is 10.8. The smallest absolute Gasteiger partial charge is 0.344 e. The standard InChI is InChI=1S/C9H10O3.C8H8O2/c1-7(9(10)11)12-8-5-3-2-4-6-8;9-8(10)6-7-4-2-1-3-5-7/h2-7H,1H3,(H,10,11);1-5H,6H2,(H,9,10). The van der Waals surface area contributed by atoms with Gasteiger partial charge in [0.05, 0.1) is 6.42 Å². The third-order valence-electron chi connectivity index (χ3n) is 2.60. The Hall–Kier alpha value is -2.82. The number of aliphatic carboxylic acids is 2. The van der Waals surface area contributed by atoms with E-state index in [1.54, 1.807) is 36.4 Å². The maximum Gasteiger partial charge on any atom is 0.344 e. The average Bonchev–Trinajstić information content (AvgIpc) is 2.49. The molecule has 2 rings (SSSR count). The second kappa shape index (κ2) is 9.18. The number of carbonyl (C=O) groups is 2. The third kappa shape index (κ3) is 7.09. The first-order valence-electron chi connectivity index (χ1n) is 6.69. The molecule has 2 N–H and O–H groups in total. The van der Waals surface area contributed by atoms with Crippen LogP contribution in [0.5, 0.6) is 5.75 Å². The summed E-state index contributed by atoms with van der Waals surface area (Å²) in [4.78, 5) is 20.5. The molecule has 0 spiro atoms. The predicted octanol–water partition coefficient (Wildman–Crippen LogP) is 2.85. The number of para-hydroxylation sites is 1. The van der Waals surface area contributed by atoms with E-state index in [9.17, 15) is 9.59 Å². The van der Waals surface area contributed by atoms with Crippen molar-refractivity contribution in [3.8, 4) is 5.75 Å². The lowest BCUT2D eigenvalue weighted by Crippen LogP contribution is -2.22. The lowest BCUT2D eigenvalue weighted by molar-refractivity contribution is -0.144. The van der Waals surface area contributed by atoms with Crippen molar-refractivity contribution in [1.29, 1.82) is 0 Å². The maximum atomic E-state index is 10.4. The first-order valence-corrected chi connectivity index (χ1v) is 6.69. The molecule has 0 amide bonds. The fraction of sp³-hybridized carbons (Fsp3) is 0.176. The lowest BCUT2D eigenvalue weighted by Gasteiger charge is -2.09. The predicted molar refractivity (Wildman–Crippen MR) is 81.9 cm³/mol. The van der Waals surface area contributed by atoms with E-state index in [1.807, 2.05) is 24.3 Å². The summed E-state index contributed by atoms with van der Waals surface area (Å²) in [7, 11) is 0. The van der Waals surface area contributed by atoms with E-state index in [-0.39, 0.29) is 6.42 Å². The van der Waals surface area contributed by atoms with E-state index < -0.39 is 18.0 Å². The summed E-state index contributed by atoms with van der Waals surface area (Å²) >= 11 is 0. The molecule has 0 bridgehead atoms. The number of ether oxygens (including phenoxy) is 1. The van der Waals surface area contributed by atoms with Crippen LogP contribution in [0.3, 0.4) is 0 Å². The number of hydrogen-bond donors (Lipinski definition) is 2. The summed E-state index contributed by atoms with van der Waals surface area (Å²) in [5.74, 6) is -1.17. The van der Waals surface area contributed by atoms with Crippen LogP contribution >= 0.6 is 0 Å². The Kier molecular flexibility index (Phi) is 7.19. The number of benzene rings is 2. The minimum Gasteiger partial charge on any atom is -0.481 e. The third-order valence-corrected chi connectivity index (χ3v) is 2.60. The molecular weight excluding hydrogens is 284 g/mol. The Balaban J connectivity index is 0.000000224. The van der Waals surface area contributed by atoms with Crippen molar-refractivity contribution in [3.05, 3.63) is 66.2 Å². The summed E-state index contributed by atoms with van der Waals surface area (Å²) in [6, 6.07) is 18.0. The van der Waals surface area contributed by atoms with Crippen LogP contribution in [0.4, 0.5) is 0 Å². The fourth-order valence-electron chi connectivity index (χ4n) is 1.52. The van der Waals surface area contributed by atoms with Crippen LogP contribution in [0, 0.1) is 0 Å². The molecule has 0 fully saturated rings. The van der Waals surface area contributed by atoms with Gasteiger partial charge in [0.15, 0.2) is 6.10 Å². The highest BCUT2D eigenvalue weighted by Gasteiger charge is 2.11. The number of carboxylic acids is 2. The van der Waals surface area contributed by atoms with Crippen molar-refractivity contribution in [2.45, 2.75) is 19.4 Å². The highest BCUT2D eigenvalue weighted by Crippen LogP contribution is 2.10. The van der Waals surface area contributed by atoms with Crippen LogP contribution in [0.2, 0.25) is 0 Å². The summed E-state index contributed by atoms with van der Waals surface area (Å²) in [5.41, 5.74) is 0.843. The van der Waals surface area contributed by atoms with Crippen molar-refractivity contribution >= 4 is 11.9 Å². The quantitative estimate of drug-likeness (QED) is 0.887. The van der Waals surface area contributed by atoms with Gasteiger partial charge in [0, 0.05) is 0 Å². The van der Waals surface area contributed by atoms with Gasteiger partial charge in [-0.05, 0) is 24.6 Å². The van der Waals surface area contributed by atoms with Crippen LogP contribution in [0.25, 0.3) is 0 Å². The zero-order chi connectivity index (χ0) is 16.4. The van der Waals surface area contributed by atoms with Crippen LogP contribution in [-0.2, 0) is 16.0 Å². The molecule has 116 valence electrons. The monoisotopic (exact) mass is 302 g/mol. The van der Waals surface area contributed by atoms with Crippen LogP contribution in [0.15, 0.2) is 60.7 Å². The molecule has 5 heteroatoms. The van der Waals surface area contributed by atoms with Crippen LogP contribution in [0.1, 0.15) is 12.5 Å². The summed E-state index contributed by atoms with van der Waals surface area (Å²) in [6.07, 6.45) is -0.687. The van der Waals surface area contributed by atoms with Crippen molar-refractivity contribution in [1.82, 2.24) is 0 Å². The molecule has 2 aromatic carbocycles. The van der Waals surface area contributed by atoms with Gasteiger partial charge in [-0.2, -0.15) is 0 Å². The van der Waals surface area contributed by atoms with Gasteiger partial charge in [0.1, 0.15) is 5.75 Å². The van der Waals surface area contributed by atoms with E-state index in [4.69, 9.17) is 14.9 Å². The molecule has 0 aliphatic heterocycles. The molecule has 2 aromatic rings. The van der Waals surface area contributed by atoms with Gasteiger partial charge < -0.3 is 14.9 Å². The van der Waals surface area contributed by atoms with Crippen molar-refractivity contribution in [3.63, 3.8) is 0 Å². The summed E-state index contributed by atoms with van der Waals surface area (Å²) in [6.45, 7) is 1.50. The SMILES string of the molecule is CC(Oc1ccccc1)C(=O)O.O=C(O)Cc1ccccc1. The molecule has 0 saturated heterocycles. The first-order chi connectivity index (χ1) is 10.5. The zero-order valence-electron chi connectivity index (χ0n) is 12.2. The van der Waals surface area contributed by atoms with Gasteiger partial charge in [-0.25, -0.2) is 4.79 Å². The summed E-state index contributed by atoms with van der Waals surface area (Å²) < 4.78 is 5.08. The minimum absolute atomic E-state index is 0.112. The lowest BCUT2D eigenvalue weighted by atomic mass is 10.2. The van der Waals surface area contributed by atoms with E-state index in [0.717, 1.165) is 5.56 Å². The molecule has 0 aliphatic carbocycles. The highest BCUT2D eigenvalue weighted by atomic mass is 16.5. The summed E-state index contributed by atoms with van der Waals surface area (Å²) in [5, 5.41) is 16.9. The Morgan fingerprint density at radius 1 is 0.955 bits per heavy atom. The molecule has 0 saturated carbocycles. The van der Waals surface area contributed by atoms with E-state index in [0.29, 0.717) is 5.75 Å². The molecule has 0 radical (unpaired) electrons. The van der Waals surface area contributed by atoms with Crippen molar-refractivity contribution in [2.24, 2.45) is 0 Å². The fourth-order valence-corrected chi connectivity index (χ4v) is 1.52. The Morgan fingerprint density at radius 3 is 1.91 bits per heavy atom. The van der Waals surface area contributed by atoms with Gasteiger partial charge in [-0.1, -0.05) is 48.5 Å². The molecule has 5 nitrogen and oxygen atoms in total. The zero-order valence-corrected chi connectivity index (χ0v) is 12.2. The highest BCUT2D eigenvalue weighted by molar-refractivity contribution is 5.72. The number of carboxylic acid groups (broad SMARTS) is 2. The Labute approximate surface area is 128 Å². The second-order valence-corrected chi connectivity index (χ2v) is 4.47. The largest absolute Gasteiger partial charge is 0.481 e. The van der Waals surface area contributed by atoms with E-state index >= 15 is 0 Å². The number of rotatable bonds is 5. The van der Waals surface area contributed by atoms with E-state index in [2.05, 4.69) is 0 Å². The topological polar surface area (TPSA) is 83.8 Å². The van der Waals surface area contributed by atoms with E-state index in [1.165, 1.54) is 6.92 Å². The molecule has 0 aromatic heterocycles. The average molecular weight is 302 g/mol. The first kappa shape index (κ1) is 17.2. The van der Waals surface area contributed by atoms with Gasteiger partial charge in [-0.3, -0.25) is 4.79 Å². The Morgan fingerprint density at radius 2 is 1.45 bits per heavy atom. The molecule has 1 atom stereocenters.